The van der Waals surface area contributed by atoms with Gasteiger partial charge < -0.3 is 5.73 Å². The first-order valence-electron chi connectivity index (χ1n) is 5.14. The maximum Gasteiger partial charge on any atom is 0.141 e. The molecule has 0 aliphatic heterocycles. The zero-order valence-electron chi connectivity index (χ0n) is 9.13. The predicted molar refractivity (Wildman–Crippen MR) is 63.8 cm³/mol. The van der Waals surface area contributed by atoms with Gasteiger partial charge in [-0.05, 0) is 23.8 Å². The van der Waals surface area contributed by atoms with E-state index in [9.17, 15) is 13.2 Å². The van der Waals surface area contributed by atoms with E-state index in [1.54, 1.807) is 0 Å². The number of nitrogens with two attached hydrogens (primary N) is 1. The zero-order valence-corrected chi connectivity index (χ0v) is 9.89. The van der Waals surface area contributed by atoms with E-state index in [2.05, 4.69) is 0 Å². The molecule has 0 amide bonds. The molecule has 0 bridgehead atoms. The molecular formula is C13H9ClF3N. The van der Waals surface area contributed by atoms with Crippen LogP contribution < -0.4 is 5.73 Å². The van der Waals surface area contributed by atoms with Crippen molar-refractivity contribution in [1.29, 1.82) is 0 Å². The molecule has 0 heterocycles. The van der Waals surface area contributed by atoms with E-state index in [1.807, 2.05) is 0 Å². The molecule has 0 aliphatic rings. The molecule has 0 saturated carbocycles. The van der Waals surface area contributed by atoms with Crippen LogP contribution in [0.2, 0.25) is 5.02 Å². The minimum absolute atomic E-state index is 0.0922. The minimum Gasteiger partial charge on any atom is -0.320 e. The van der Waals surface area contributed by atoms with Crippen molar-refractivity contribution < 1.29 is 13.2 Å². The van der Waals surface area contributed by atoms with Crippen molar-refractivity contribution in [3.8, 4) is 0 Å². The van der Waals surface area contributed by atoms with Gasteiger partial charge >= 0.3 is 0 Å². The molecule has 1 unspecified atom stereocenters. The quantitative estimate of drug-likeness (QED) is 0.883. The van der Waals surface area contributed by atoms with Crippen molar-refractivity contribution in [3.05, 3.63) is 70.0 Å². The largest absolute Gasteiger partial charge is 0.320 e. The number of benzene rings is 2. The maximum absolute atomic E-state index is 13.5. The Bertz CT molecular complexity index is 586. The Hall–Kier alpha value is -1.52. The van der Waals surface area contributed by atoms with E-state index < -0.39 is 23.5 Å². The molecular weight excluding hydrogens is 263 g/mol. The monoisotopic (exact) mass is 271 g/mol. The van der Waals surface area contributed by atoms with Crippen LogP contribution in [0.5, 0.6) is 0 Å². The summed E-state index contributed by atoms with van der Waals surface area (Å²) in [6.07, 6.45) is 0. The number of hydrogen-bond acceptors (Lipinski definition) is 1. The Kier molecular flexibility index (Phi) is 3.59. The number of rotatable bonds is 2. The highest BCUT2D eigenvalue weighted by Gasteiger charge is 2.15. The SMILES string of the molecule is NC(c1ccc(F)c(Cl)c1)c1ccc(F)cc1F. The predicted octanol–water partition coefficient (Wildman–Crippen LogP) is 3.81. The molecule has 1 nitrogen and oxygen atoms in total. The molecule has 5 heteroatoms. The standard InChI is InChI=1S/C13H9ClF3N/c14-10-5-7(1-4-11(10)16)13(18)9-3-2-8(15)6-12(9)17/h1-6,13H,18H2. The van der Waals surface area contributed by atoms with Crippen LogP contribution in [0.1, 0.15) is 17.2 Å². The van der Waals surface area contributed by atoms with Gasteiger partial charge in [0.2, 0.25) is 0 Å². The highest BCUT2D eigenvalue weighted by atomic mass is 35.5. The van der Waals surface area contributed by atoms with E-state index in [0.29, 0.717) is 5.56 Å². The van der Waals surface area contributed by atoms with E-state index in [0.717, 1.165) is 18.2 Å². The van der Waals surface area contributed by atoms with Gasteiger partial charge in [0.15, 0.2) is 0 Å². The van der Waals surface area contributed by atoms with Crippen molar-refractivity contribution in [2.24, 2.45) is 5.73 Å². The Balaban J connectivity index is 2.41. The second kappa shape index (κ2) is 5.00. The molecule has 0 saturated heterocycles. The van der Waals surface area contributed by atoms with Crippen LogP contribution in [-0.2, 0) is 0 Å². The van der Waals surface area contributed by atoms with Gasteiger partial charge in [0.1, 0.15) is 17.5 Å². The van der Waals surface area contributed by atoms with Crippen molar-refractivity contribution in [3.63, 3.8) is 0 Å². The summed E-state index contributed by atoms with van der Waals surface area (Å²) in [7, 11) is 0. The van der Waals surface area contributed by atoms with E-state index in [1.165, 1.54) is 18.2 Å². The van der Waals surface area contributed by atoms with Gasteiger partial charge in [-0.2, -0.15) is 0 Å². The first-order valence-corrected chi connectivity index (χ1v) is 5.52. The summed E-state index contributed by atoms with van der Waals surface area (Å²) in [6.45, 7) is 0. The molecule has 94 valence electrons. The maximum atomic E-state index is 13.5. The third-order valence-corrected chi connectivity index (χ3v) is 2.89. The summed E-state index contributed by atoms with van der Waals surface area (Å²) in [6, 6.07) is 6.18. The lowest BCUT2D eigenvalue weighted by molar-refractivity contribution is 0.565. The smallest absolute Gasteiger partial charge is 0.141 e. The summed E-state index contributed by atoms with van der Waals surface area (Å²) in [5.74, 6) is -2.00. The summed E-state index contributed by atoms with van der Waals surface area (Å²) < 4.78 is 39.3. The fourth-order valence-electron chi connectivity index (χ4n) is 1.64. The summed E-state index contributed by atoms with van der Waals surface area (Å²) in [5.41, 5.74) is 6.42. The normalized spacial score (nSPS) is 12.5. The number of halogens is 4. The van der Waals surface area contributed by atoms with E-state index in [4.69, 9.17) is 17.3 Å². The molecule has 18 heavy (non-hydrogen) atoms. The van der Waals surface area contributed by atoms with Crippen molar-refractivity contribution in [2.45, 2.75) is 6.04 Å². The van der Waals surface area contributed by atoms with Crippen LogP contribution in [0, 0.1) is 17.5 Å². The van der Waals surface area contributed by atoms with Crippen LogP contribution in [0.15, 0.2) is 36.4 Å². The highest BCUT2D eigenvalue weighted by molar-refractivity contribution is 6.30. The minimum atomic E-state index is -0.830. The molecule has 2 aromatic rings. The highest BCUT2D eigenvalue weighted by Crippen LogP contribution is 2.26. The molecule has 0 aliphatic carbocycles. The average Bonchev–Trinajstić information content (AvgIpc) is 2.32. The van der Waals surface area contributed by atoms with Crippen LogP contribution in [0.4, 0.5) is 13.2 Å². The Morgan fingerprint density at radius 3 is 2.28 bits per heavy atom. The fraction of sp³-hybridized carbons (Fsp3) is 0.0769. The van der Waals surface area contributed by atoms with Crippen LogP contribution in [-0.4, -0.2) is 0 Å². The lowest BCUT2D eigenvalue weighted by Gasteiger charge is -2.14. The molecule has 0 aromatic heterocycles. The lowest BCUT2D eigenvalue weighted by Crippen LogP contribution is -2.14. The van der Waals surface area contributed by atoms with Gasteiger partial charge in [0.25, 0.3) is 0 Å². The molecule has 0 spiro atoms. The first kappa shape index (κ1) is 12.9. The molecule has 0 radical (unpaired) electrons. The van der Waals surface area contributed by atoms with Crippen LogP contribution in [0.3, 0.4) is 0 Å². The molecule has 2 N–H and O–H groups in total. The second-order valence-electron chi connectivity index (χ2n) is 3.82. The van der Waals surface area contributed by atoms with Crippen molar-refractivity contribution in [1.82, 2.24) is 0 Å². The van der Waals surface area contributed by atoms with Gasteiger partial charge in [-0.3, -0.25) is 0 Å². The van der Waals surface area contributed by atoms with Gasteiger partial charge in [-0.25, -0.2) is 13.2 Å². The van der Waals surface area contributed by atoms with Crippen molar-refractivity contribution >= 4 is 11.6 Å². The summed E-state index contributed by atoms with van der Waals surface area (Å²) in [5, 5.41) is -0.0922. The van der Waals surface area contributed by atoms with E-state index in [-0.39, 0.29) is 10.6 Å². The van der Waals surface area contributed by atoms with Crippen LogP contribution >= 0.6 is 11.6 Å². The molecule has 1 atom stereocenters. The summed E-state index contributed by atoms with van der Waals surface area (Å²) in [4.78, 5) is 0. The third-order valence-electron chi connectivity index (χ3n) is 2.60. The summed E-state index contributed by atoms with van der Waals surface area (Å²) >= 11 is 5.63. The van der Waals surface area contributed by atoms with Gasteiger partial charge in [0, 0.05) is 11.6 Å². The fourth-order valence-corrected chi connectivity index (χ4v) is 1.83. The zero-order chi connectivity index (χ0) is 13.3. The van der Waals surface area contributed by atoms with Gasteiger partial charge in [-0.1, -0.05) is 23.7 Å². The van der Waals surface area contributed by atoms with Crippen molar-refractivity contribution in [2.75, 3.05) is 0 Å². The third kappa shape index (κ3) is 2.49. The topological polar surface area (TPSA) is 26.0 Å². The Labute approximate surface area is 107 Å². The Morgan fingerprint density at radius 2 is 1.67 bits per heavy atom. The Morgan fingerprint density at radius 1 is 0.944 bits per heavy atom. The average molecular weight is 272 g/mol. The van der Waals surface area contributed by atoms with Gasteiger partial charge in [-0.15, -0.1) is 0 Å². The van der Waals surface area contributed by atoms with E-state index >= 15 is 0 Å². The first-order chi connectivity index (χ1) is 8.49. The second-order valence-corrected chi connectivity index (χ2v) is 4.22. The molecule has 2 aromatic carbocycles. The van der Waals surface area contributed by atoms with Crippen LogP contribution in [0.25, 0.3) is 0 Å². The lowest BCUT2D eigenvalue weighted by atomic mass is 9.99. The number of hydrogen-bond donors (Lipinski definition) is 1. The molecule has 0 fully saturated rings. The van der Waals surface area contributed by atoms with Gasteiger partial charge in [0.05, 0.1) is 11.1 Å². The molecule has 2 rings (SSSR count).